The first-order valence-corrected chi connectivity index (χ1v) is 7.27. The van der Waals surface area contributed by atoms with E-state index in [1.807, 2.05) is 0 Å². The van der Waals surface area contributed by atoms with Gasteiger partial charge < -0.3 is 14.9 Å². The SMILES string of the molecule is Cc1cc(NC(=O)CCN(CCCO)C2CCC2)no1. The van der Waals surface area contributed by atoms with Gasteiger partial charge in [-0.1, -0.05) is 11.6 Å². The highest BCUT2D eigenvalue weighted by atomic mass is 16.5. The molecule has 112 valence electrons. The van der Waals surface area contributed by atoms with E-state index in [0.29, 0.717) is 24.0 Å². The third-order valence-corrected chi connectivity index (χ3v) is 3.72. The minimum Gasteiger partial charge on any atom is -0.396 e. The molecule has 0 spiro atoms. The van der Waals surface area contributed by atoms with E-state index in [9.17, 15) is 4.79 Å². The summed E-state index contributed by atoms with van der Waals surface area (Å²) in [6.45, 7) is 3.58. The molecule has 1 heterocycles. The standard InChI is InChI=1S/C14H23N3O3/c1-11-10-13(16-20-11)15-14(19)6-8-17(7-3-9-18)12-4-2-5-12/h10,12,18H,2-9H2,1H3,(H,15,16,19). The summed E-state index contributed by atoms with van der Waals surface area (Å²) in [4.78, 5) is 14.2. The quantitative estimate of drug-likeness (QED) is 0.756. The van der Waals surface area contributed by atoms with Crippen LogP contribution < -0.4 is 5.32 Å². The molecule has 1 amide bonds. The molecule has 0 unspecified atom stereocenters. The molecule has 1 aromatic rings. The Hall–Kier alpha value is -1.40. The first kappa shape index (κ1) is 15.0. The van der Waals surface area contributed by atoms with Crippen LogP contribution in [-0.2, 0) is 4.79 Å². The molecule has 2 rings (SSSR count). The number of carbonyl (C=O) groups excluding carboxylic acids is 1. The number of nitrogens with zero attached hydrogens (tertiary/aromatic N) is 2. The van der Waals surface area contributed by atoms with Crippen molar-refractivity contribution in [2.75, 3.05) is 25.0 Å². The van der Waals surface area contributed by atoms with Gasteiger partial charge in [0.25, 0.3) is 0 Å². The summed E-state index contributed by atoms with van der Waals surface area (Å²) < 4.78 is 4.91. The molecule has 1 fully saturated rings. The topological polar surface area (TPSA) is 78.6 Å². The van der Waals surface area contributed by atoms with Crippen LogP contribution in [0.2, 0.25) is 0 Å². The van der Waals surface area contributed by atoms with Crippen molar-refractivity contribution in [2.24, 2.45) is 0 Å². The molecule has 2 N–H and O–H groups in total. The fourth-order valence-corrected chi connectivity index (χ4v) is 2.38. The number of aliphatic hydroxyl groups is 1. The van der Waals surface area contributed by atoms with Crippen LogP contribution in [0, 0.1) is 6.92 Å². The molecular formula is C14H23N3O3. The smallest absolute Gasteiger partial charge is 0.226 e. The maximum absolute atomic E-state index is 11.9. The zero-order valence-electron chi connectivity index (χ0n) is 12.0. The number of anilines is 1. The Bertz CT molecular complexity index is 429. The summed E-state index contributed by atoms with van der Waals surface area (Å²) in [6.07, 6.45) is 4.88. The van der Waals surface area contributed by atoms with E-state index >= 15 is 0 Å². The van der Waals surface area contributed by atoms with E-state index in [4.69, 9.17) is 9.63 Å². The number of hydrogen-bond donors (Lipinski definition) is 2. The number of aliphatic hydroxyl groups excluding tert-OH is 1. The highest BCUT2D eigenvalue weighted by Crippen LogP contribution is 2.25. The molecule has 0 radical (unpaired) electrons. The van der Waals surface area contributed by atoms with E-state index < -0.39 is 0 Å². The van der Waals surface area contributed by atoms with Gasteiger partial charge in [0.1, 0.15) is 5.76 Å². The van der Waals surface area contributed by atoms with Gasteiger partial charge >= 0.3 is 0 Å². The number of rotatable bonds is 8. The lowest BCUT2D eigenvalue weighted by Crippen LogP contribution is -2.42. The van der Waals surface area contributed by atoms with Gasteiger partial charge in [-0.15, -0.1) is 0 Å². The summed E-state index contributed by atoms with van der Waals surface area (Å²) in [5.74, 6) is 1.10. The van der Waals surface area contributed by atoms with Gasteiger partial charge in [-0.2, -0.15) is 0 Å². The van der Waals surface area contributed by atoms with Crippen LogP contribution in [0.4, 0.5) is 5.82 Å². The third-order valence-electron chi connectivity index (χ3n) is 3.72. The number of aryl methyl sites for hydroxylation is 1. The molecule has 6 nitrogen and oxygen atoms in total. The maximum Gasteiger partial charge on any atom is 0.226 e. The molecule has 1 aromatic heterocycles. The first-order valence-electron chi connectivity index (χ1n) is 7.27. The van der Waals surface area contributed by atoms with Crippen LogP contribution in [0.1, 0.15) is 37.9 Å². The van der Waals surface area contributed by atoms with Gasteiger partial charge in [0.05, 0.1) is 0 Å². The van der Waals surface area contributed by atoms with Crippen molar-refractivity contribution < 1.29 is 14.4 Å². The van der Waals surface area contributed by atoms with Gasteiger partial charge in [-0.05, 0) is 26.2 Å². The average Bonchev–Trinajstić information content (AvgIpc) is 2.75. The normalized spacial score (nSPS) is 15.3. The molecule has 0 aliphatic heterocycles. The van der Waals surface area contributed by atoms with Crippen LogP contribution in [-0.4, -0.2) is 46.8 Å². The second-order valence-electron chi connectivity index (χ2n) is 5.32. The Balaban J connectivity index is 1.74. The summed E-state index contributed by atoms with van der Waals surface area (Å²) in [5.41, 5.74) is 0. The molecule has 6 heteroatoms. The third kappa shape index (κ3) is 4.31. The van der Waals surface area contributed by atoms with Crippen LogP contribution in [0.3, 0.4) is 0 Å². The fraction of sp³-hybridized carbons (Fsp3) is 0.714. The maximum atomic E-state index is 11.9. The highest BCUT2D eigenvalue weighted by Gasteiger charge is 2.24. The monoisotopic (exact) mass is 281 g/mol. The van der Waals surface area contributed by atoms with Crippen LogP contribution in [0.15, 0.2) is 10.6 Å². The molecule has 1 aliphatic rings. The lowest BCUT2D eigenvalue weighted by atomic mass is 9.91. The Morgan fingerprint density at radius 2 is 2.35 bits per heavy atom. The predicted octanol–water partition coefficient (Wildman–Crippen LogP) is 1.55. The highest BCUT2D eigenvalue weighted by molar-refractivity contribution is 5.89. The van der Waals surface area contributed by atoms with Gasteiger partial charge in [0.15, 0.2) is 5.82 Å². The lowest BCUT2D eigenvalue weighted by molar-refractivity contribution is -0.116. The van der Waals surface area contributed by atoms with Crippen molar-refractivity contribution in [3.8, 4) is 0 Å². The Kier molecular flexibility index (Phi) is 5.55. The van der Waals surface area contributed by atoms with E-state index in [0.717, 1.165) is 19.5 Å². The number of carbonyl (C=O) groups is 1. The Morgan fingerprint density at radius 3 is 2.90 bits per heavy atom. The van der Waals surface area contributed by atoms with Gasteiger partial charge in [0.2, 0.25) is 5.91 Å². The van der Waals surface area contributed by atoms with Crippen molar-refractivity contribution in [2.45, 2.75) is 45.1 Å². The number of aromatic nitrogens is 1. The molecule has 0 atom stereocenters. The molecular weight excluding hydrogens is 258 g/mol. The largest absolute Gasteiger partial charge is 0.396 e. The Labute approximate surface area is 119 Å². The lowest BCUT2D eigenvalue weighted by Gasteiger charge is -2.37. The van der Waals surface area contributed by atoms with Gasteiger partial charge in [-0.3, -0.25) is 9.69 Å². The zero-order valence-corrected chi connectivity index (χ0v) is 12.0. The summed E-state index contributed by atoms with van der Waals surface area (Å²) in [7, 11) is 0. The van der Waals surface area contributed by atoms with Crippen molar-refractivity contribution in [3.63, 3.8) is 0 Å². The summed E-state index contributed by atoms with van der Waals surface area (Å²) >= 11 is 0. The van der Waals surface area contributed by atoms with E-state index in [1.165, 1.54) is 19.3 Å². The van der Waals surface area contributed by atoms with E-state index in [2.05, 4.69) is 15.4 Å². The second-order valence-corrected chi connectivity index (χ2v) is 5.32. The zero-order chi connectivity index (χ0) is 14.4. The van der Waals surface area contributed by atoms with Crippen molar-refractivity contribution >= 4 is 11.7 Å². The number of nitrogens with one attached hydrogen (secondary N) is 1. The minimum atomic E-state index is -0.0494. The van der Waals surface area contributed by atoms with Crippen molar-refractivity contribution in [1.82, 2.24) is 10.1 Å². The molecule has 20 heavy (non-hydrogen) atoms. The van der Waals surface area contributed by atoms with E-state index in [-0.39, 0.29) is 12.5 Å². The summed E-state index contributed by atoms with van der Waals surface area (Å²) in [5, 5.41) is 15.4. The molecule has 0 bridgehead atoms. The molecule has 1 saturated carbocycles. The van der Waals surface area contributed by atoms with E-state index in [1.54, 1.807) is 13.0 Å². The fourth-order valence-electron chi connectivity index (χ4n) is 2.38. The van der Waals surface area contributed by atoms with Crippen molar-refractivity contribution in [1.29, 1.82) is 0 Å². The van der Waals surface area contributed by atoms with Gasteiger partial charge in [-0.25, -0.2) is 0 Å². The van der Waals surface area contributed by atoms with Gasteiger partial charge in [0, 0.05) is 38.2 Å². The molecule has 0 saturated heterocycles. The first-order chi connectivity index (χ1) is 9.69. The molecule has 1 aliphatic carbocycles. The predicted molar refractivity (Wildman–Crippen MR) is 75.4 cm³/mol. The minimum absolute atomic E-state index is 0.0494. The number of amides is 1. The van der Waals surface area contributed by atoms with Crippen LogP contribution >= 0.6 is 0 Å². The average molecular weight is 281 g/mol. The molecule has 0 aromatic carbocycles. The number of hydrogen-bond acceptors (Lipinski definition) is 5. The van der Waals surface area contributed by atoms with Crippen molar-refractivity contribution in [3.05, 3.63) is 11.8 Å². The summed E-state index contributed by atoms with van der Waals surface area (Å²) in [6, 6.07) is 2.29. The van der Waals surface area contributed by atoms with Crippen LogP contribution in [0.5, 0.6) is 0 Å². The Morgan fingerprint density at radius 1 is 1.55 bits per heavy atom. The van der Waals surface area contributed by atoms with Crippen LogP contribution in [0.25, 0.3) is 0 Å². The second kappa shape index (κ2) is 7.40.